The first kappa shape index (κ1) is 66.8. The Labute approximate surface area is 477 Å². The number of aliphatic hydroxyl groups is 1. The van der Waals surface area contributed by atoms with Crippen LogP contribution in [0.5, 0.6) is 0 Å². The molecule has 0 aliphatic rings. The molecule has 0 saturated heterocycles. The first-order valence-corrected chi connectivity index (χ1v) is 28.6. The topological polar surface area (TPSA) is 352 Å². The van der Waals surface area contributed by atoms with Gasteiger partial charge in [-0.05, 0) is 54.5 Å². The number of carboxylic acids is 2. The molecule has 2 aromatic carbocycles. The third-order valence-electron chi connectivity index (χ3n) is 13.3. The highest BCUT2D eigenvalue weighted by Crippen LogP contribution is 2.42. The lowest BCUT2D eigenvalue weighted by Crippen LogP contribution is -3.36. The number of aliphatic hydroxyl groups excluding tert-OH is 1. The summed E-state index contributed by atoms with van der Waals surface area (Å²) in [6.07, 6.45) is 0.253. The number of rotatable bonds is 34. The van der Waals surface area contributed by atoms with Crippen molar-refractivity contribution in [3.63, 3.8) is 0 Å². The zero-order chi connectivity index (χ0) is 59.2. The van der Waals surface area contributed by atoms with Crippen LogP contribution in [-0.4, -0.2) is 147 Å². The highest BCUT2D eigenvalue weighted by Gasteiger charge is 2.39. The quantitative estimate of drug-likeness (QED) is 0.0190. The molecule has 0 bridgehead atoms. The van der Waals surface area contributed by atoms with Gasteiger partial charge in [0.2, 0.25) is 47.3 Å². The van der Waals surface area contributed by atoms with Crippen molar-refractivity contribution in [2.45, 2.75) is 127 Å². The maximum atomic E-state index is 15.4. The van der Waals surface area contributed by atoms with Gasteiger partial charge in [0.05, 0.1) is 25.4 Å². The molecule has 0 saturated carbocycles. The fourth-order valence-electron chi connectivity index (χ4n) is 9.14. The van der Waals surface area contributed by atoms with Gasteiger partial charge in [-0.2, -0.15) is 0 Å². The summed E-state index contributed by atoms with van der Waals surface area (Å²) >= 11 is 2.10. The lowest BCUT2D eigenvalue weighted by atomic mass is 9.82. The predicted molar refractivity (Wildman–Crippen MR) is 281 cm³/mol. The van der Waals surface area contributed by atoms with Crippen LogP contribution < -0.4 is 60.6 Å². The average Bonchev–Trinajstić information content (AvgIpc) is 3.83. The van der Waals surface area contributed by atoms with Gasteiger partial charge in [-0.3, -0.25) is 43.2 Å². The number of benzene rings is 2. The van der Waals surface area contributed by atoms with Crippen LogP contribution in [0.25, 0.3) is 11.1 Å². The molecule has 2 radical (unpaired) electrons. The molecule has 432 valence electrons. The Hall–Kier alpha value is -6.50. The number of halogens is 3. The van der Waals surface area contributed by atoms with Crippen LogP contribution in [0.15, 0.2) is 60.8 Å². The van der Waals surface area contributed by atoms with E-state index in [1.807, 2.05) is 26.0 Å². The Kier molecular flexibility index (Phi) is 27.0. The van der Waals surface area contributed by atoms with E-state index in [2.05, 4.69) is 49.2 Å². The number of carboxylic acid groups (broad SMARTS) is 2. The number of aromatic nitrogens is 1. The Morgan fingerprint density at radius 3 is 2.00 bits per heavy atom. The number of nitrogens with two attached hydrogens (primary N) is 2. The number of carbonyl (C=O) groups excluding carboxylic acids is 8. The summed E-state index contributed by atoms with van der Waals surface area (Å²) < 4.78 is 32.3. The van der Waals surface area contributed by atoms with Gasteiger partial charge >= 0.3 is 11.9 Å². The molecule has 26 heteroatoms. The van der Waals surface area contributed by atoms with Crippen molar-refractivity contribution < 1.29 is 94.6 Å². The van der Waals surface area contributed by atoms with E-state index in [1.54, 1.807) is 55.8 Å². The van der Waals surface area contributed by atoms with Crippen molar-refractivity contribution in [1.82, 2.24) is 36.1 Å². The molecular weight excluding hydrogens is 1160 g/mol. The zero-order valence-electron chi connectivity index (χ0n) is 45.0. The van der Waals surface area contributed by atoms with Gasteiger partial charge < -0.3 is 85.4 Å². The summed E-state index contributed by atoms with van der Waals surface area (Å²) in [6.45, 7) is 6.75. The molecule has 0 fully saturated rings. The number of alkyl halides is 1. The molecule has 0 aliphatic carbocycles. The molecule has 22 nitrogen and oxygen atoms in total. The largest absolute Gasteiger partial charge is 0.813 e. The van der Waals surface area contributed by atoms with Crippen LogP contribution in [0.2, 0.25) is 4.28 Å². The molecule has 3 rings (SSSR count). The molecular formula is C53H72AlF2IN9O13-. The smallest absolute Gasteiger partial charge is 0.326 e. The third kappa shape index (κ3) is 21.6. The van der Waals surface area contributed by atoms with Crippen molar-refractivity contribution in [1.29, 1.82) is 0 Å². The third-order valence-corrected chi connectivity index (χ3v) is 16.7. The Morgan fingerprint density at radius 2 is 1.43 bits per heavy atom. The second-order valence-corrected chi connectivity index (χ2v) is 24.8. The van der Waals surface area contributed by atoms with Crippen molar-refractivity contribution in [3.8, 4) is 11.1 Å². The molecule has 1 unspecified atom stereocenters. The minimum Gasteiger partial charge on any atom is -0.813 e. The van der Waals surface area contributed by atoms with E-state index >= 15 is 4.39 Å². The molecule has 1 heterocycles. The molecule has 8 amide bonds. The number of aliphatic carboxylic acids is 2. The second kappa shape index (κ2) is 31.9. The predicted octanol–water partition coefficient (Wildman–Crippen LogP) is -1.24. The fourth-order valence-corrected chi connectivity index (χ4v) is 13.3. The van der Waals surface area contributed by atoms with E-state index in [0.29, 0.717) is 18.5 Å². The maximum Gasteiger partial charge on any atom is 0.326 e. The Bertz CT molecular complexity index is 2630. The first-order chi connectivity index (χ1) is 37.2. The summed E-state index contributed by atoms with van der Waals surface area (Å²) in [4.78, 5) is 131. The van der Waals surface area contributed by atoms with E-state index in [4.69, 9.17) is 11.5 Å². The first-order valence-electron chi connectivity index (χ1n) is 25.6. The van der Waals surface area contributed by atoms with Crippen LogP contribution in [0.1, 0.15) is 110 Å². The van der Waals surface area contributed by atoms with Crippen LogP contribution in [0.4, 0.5) is 8.78 Å². The lowest BCUT2D eigenvalue weighted by molar-refractivity contribution is -0.343. The minimum absolute atomic E-state index is 0.0848. The fraction of sp³-hybridized carbons (Fsp3) is 0.509. The number of nitrogens with zero attached hydrogens (tertiary/aromatic N) is 2. The Balaban J connectivity index is 2.05. The zero-order valence-corrected chi connectivity index (χ0v) is 48.3. The summed E-state index contributed by atoms with van der Waals surface area (Å²) in [5.74, 6) is -12.6. The number of nitrogens with one attached hydrogen (secondary N) is 5. The van der Waals surface area contributed by atoms with Crippen LogP contribution >= 0.6 is 0 Å². The van der Waals surface area contributed by atoms with Crippen LogP contribution in [0.3, 0.4) is 0 Å². The van der Waals surface area contributed by atoms with Crippen molar-refractivity contribution in [3.05, 3.63) is 83.7 Å². The van der Waals surface area contributed by atoms with Crippen molar-refractivity contribution in [2.24, 2.45) is 22.8 Å². The number of hydrogen-bond acceptors (Lipinski definition) is 11. The van der Waals surface area contributed by atoms with E-state index < -0.39 is 158 Å². The summed E-state index contributed by atoms with van der Waals surface area (Å²) in [5, 5.41) is 41.7. The van der Waals surface area contributed by atoms with E-state index in [0.717, 1.165) is 27.1 Å². The summed E-state index contributed by atoms with van der Waals surface area (Å²) in [5.41, 5.74) is 11.1. The monoisotopic (exact) mass is 1230 g/mol. The van der Waals surface area contributed by atoms with Crippen molar-refractivity contribution in [2.75, 3.05) is 29.5 Å². The maximum absolute atomic E-state index is 15.4. The standard InChI is InChI=1S/C52H70F2N9O13.CH2I.Al/c1-6-30(7-2)21-32(23-46(70)71)48(72)58-26-44(68)60-39(25-42(56)66)50(74)61-37(49(73)57-19-17-43(67)59-38(51(75)76)15-16-41(55)65)18-20-63(45(69)29-64)47(52(3,4)5)40-22-33(35-24-34(53)13-14-36(35)54)28-62(40)27-31-11-9-8-10-12-31;1-2;/h8-14,22,24,28,32,37-39,47,64H,6-7,15-21,23,25-27,29H2,1-5H3,(H2,55,65)(H2,56,66)(H,57,73)(H,58,72)(H,59,67)(H,60,68)(H,61,74)(H,70,71)(H,75,76);1H2;/q;-1;/t32?,37-,38+,39-,47-;;/m0../s1. The van der Waals surface area contributed by atoms with Gasteiger partial charge in [0.15, 0.2) is 15.2 Å². The normalized spacial score (nSPS) is 13.3. The van der Waals surface area contributed by atoms with Crippen LogP contribution in [0, 0.1) is 23.0 Å². The number of hydrogen-bond donors (Lipinski definition) is 10. The molecule has 1 aromatic heterocycles. The summed E-state index contributed by atoms with van der Waals surface area (Å²) in [6, 6.07) is 7.64. The number of carbonyl (C=O) groups is 10. The van der Waals surface area contributed by atoms with E-state index in [9.17, 15) is 67.7 Å². The SMILES string of the molecule is CC[C](CC)(CC(CC(=O)O)C(=O)NCC(=O)N[C@@H](CC(N)=O)C(=O)N[C@@H](CCN(C(=O)CO)[C@@H](c1cc(-c2cc(F)ccc2F)cn1Cc1ccccc1)C(C)(C)C)C(=O)NCCC(=O)N[C@H](CCC(N)=O)C(=O)O)[Al][CH2][I-]. The van der Waals surface area contributed by atoms with Gasteiger partial charge in [-0.25, -0.2) is 16.9 Å². The highest BCUT2D eigenvalue weighted by molar-refractivity contribution is 6.39. The molecule has 0 aliphatic heterocycles. The highest BCUT2D eigenvalue weighted by atomic mass is 127. The minimum atomic E-state index is -1.79. The molecule has 3 aromatic rings. The molecule has 12 N–H and O–H groups in total. The van der Waals surface area contributed by atoms with E-state index in [-0.39, 0.29) is 56.4 Å². The Morgan fingerprint density at radius 1 is 0.772 bits per heavy atom. The average molecular weight is 1240 g/mol. The molecule has 0 spiro atoms. The lowest BCUT2D eigenvalue weighted by Gasteiger charge is -2.41. The van der Waals surface area contributed by atoms with E-state index in [1.165, 1.54) is 4.90 Å². The van der Waals surface area contributed by atoms with Gasteiger partial charge in [-0.15, -0.1) is 0 Å². The van der Waals surface area contributed by atoms with Gasteiger partial charge in [0, 0.05) is 61.4 Å². The van der Waals surface area contributed by atoms with Crippen molar-refractivity contribution >= 4 is 74.4 Å². The van der Waals surface area contributed by atoms with Crippen LogP contribution in [-0.2, 0) is 54.5 Å². The number of primary amides is 2. The summed E-state index contributed by atoms with van der Waals surface area (Å²) in [7, 11) is 0. The molecule has 5 atom stereocenters. The number of amides is 8. The molecule has 79 heavy (non-hydrogen) atoms. The van der Waals surface area contributed by atoms with Gasteiger partial charge in [-0.1, -0.05) is 82.1 Å². The second-order valence-electron chi connectivity index (χ2n) is 20.2. The van der Waals surface area contributed by atoms with Gasteiger partial charge in [0.25, 0.3) is 0 Å². The van der Waals surface area contributed by atoms with Gasteiger partial charge in [0.1, 0.15) is 36.4 Å².